The standard InChI is InChI=1S/C12H26N2O2S/c1-4-8-13-11(3)12-6-9-14(10-7-12)17(15,16)5-2/h11-13H,4-10H2,1-3H3. The Morgan fingerprint density at radius 3 is 2.35 bits per heavy atom. The van der Waals surface area contributed by atoms with Crippen LogP contribution in [0, 0.1) is 5.92 Å². The molecule has 0 aromatic heterocycles. The fourth-order valence-electron chi connectivity index (χ4n) is 2.38. The maximum atomic E-state index is 11.7. The molecule has 0 saturated carbocycles. The Kier molecular flexibility index (Phi) is 5.89. The highest BCUT2D eigenvalue weighted by molar-refractivity contribution is 7.89. The molecule has 1 N–H and O–H groups in total. The minimum absolute atomic E-state index is 0.224. The van der Waals surface area contributed by atoms with Crippen LogP contribution in [0.25, 0.3) is 0 Å². The van der Waals surface area contributed by atoms with E-state index in [0.29, 0.717) is 25.0 Å². The van der Waals surface area contributed by atoms with E-state index in [4.69, 9.17) is 0 Å². The monoisotopic (exact) mass is 262 g/mol. The zero-order valence-corrected chi connectivity index (χ0v) is 12.1. The predicted octanol–water partition coefficient (Wildman–Crippen LogP) is 1.44. The van der Waals surface area contributed by atoms with Crippen molar-refractivity contribution >= 4 is 10.0 Å². The molecule has 1 heterocycles. The van der Waals surface area contributed by atoms with Gasteiger partial charge in [-0.2, -0.15) is 0 Å². The molecule has 5 heteroatoms. The summed E-state index contributed by atoms with van der Waals surface area (Å²) in [7, 11) is -2.97. The predicted molar refractivity (Wildman–Crippen MR) is 71.5 cm³/mol. The molecule has 0 amide bonds. The van der Waals surface area contributed by atoms with E-state index in [2.05, 4.69) is 19.2 Å². The van der Waals surface area contributed by atoms with E-state index in [0.717, 1.165) is 25.8 Å². The number of piperidine rings is 1. The first-order chi connectivity index (χ1) is 8.01. The van der Waals surface area contributed by atoms with Crippen LogP contribution < -0.4 is 5.32 Å². The third kappa shape index (κ3) is 4.23. The van der Waals surface area contributed by atoms with E-state index in [9.17, 15) is 8.42 Å². The van der Waals surface area contributed by atoms with Gasteiger partial charge in [-0.1, -0.05) is 6.92 Å². The third-order valence-corrected chi connectivity index (χ3v) is 5.56. The van der Waals surface area contributed by atoms with Crippen LogP contribution in [-0.4, -0.2) is 44.2 Å². The van der Waals surface area contributed by atoms with Crippen LogP contribution in [0.2, 0.25) is 0 Å². The first-order valence-corrected chi connectivity index (χ1v) is 8.33. The largest absolute Gasteiger partial charge is 0.314 e. The molecule has 1 saturated heterocycles. The Labute approximate surface area is 106 Å². The fourth-order valence-corrected chi connectivity index (χ4v) is 3.51. The summed E-state index contributed by atoms with van der Waals surface area (Å²) in [5, 5.41) is 3.50. The highest BCUT2D eigenvalue weighted by Gasteiger charge is 2.28. The Bertz CT molecular complexity index is 308. The van der Waals surface area contributed by atoms with Gasteiger partial charge < -0.3 is 5.32 Å². The van der Waals surface area contributed by atoms with Crippen LogP contribution in [0.3, 0.4) is 0 Å². The Balaban J connectivity index is 2.40. The van der Waals surface area contributed by atoms with Crippen molar-refractivity contribution in [2.45, 2.75) is 46.1 Å². The molecule has 0 aliphatic carbocycles. The lowest BCUT2D eigenvalue weighted by molar-refractivity contribution is 0.231. The molecule has 1 aliphatic heterocycles. The molecule has 17 heavy (non-hydrogen) atoms. The van der Waals surface area contributed by atoms with Crippen LogP contribution in [-0.2, 0) is 10.0 Å². The van der Waals surface area contributed by atoms with Gasteiger partial charge in [-0.15, -0.1) is 0 Å². The summed E-state index contributed by atoms with van der Waals surface area (Å²) in [4.78, 5) is 0. The van der Waals surface area contributed by atoms with Crippen molar-refractivity contribution in [2.75, 3.05) is 25.4 Å². The lowest BCUT2D eigenvalue weighted by Gasteiger charge is -2.34. The summed E-state index contributed by atoms with van der Waals surface area (Å²) in [6.07, 6.45) is 3.11. The summed E-state index contributed by atoms with van der Waals surface area (Å²) >= 11 is 0. The van der Waals surface area contributed by atoms with Crippen molar-refractivity contribution in [3.05, 3.63) is 0 Å². The highest BCUT2D eigenvalue weighted by Crippen LogP contribution is 2.22. The van der Waals surface area contributed by atoms with Crippen molar-refractivity contribution in [3.8, 4) is 0 Å². The van der Waals surface area contributed by atoms with E-state index in [1.54, 1.807) is 11.2 Å². The van der Waals surface area contributed by atoms with Gasteiger partial charge in [0.05, 0.1) is 5.75 Å². The molecular weight excluding hydrogens is 236 g/mol. The zero-order valence-electron chi connectivity index (χ0n) is 11.3. The van der Waals surface area contributed by atoms with Crippen LogP contribution in [0.5, 0.6) is 0 Å². The Morgan fingerprint density at radius 2 is 1.88 bits per heavy atom. The van der Waals surface area contributed by atoms with Crippen molar-refractivity contribution in [1.29, 1.82) is 0 Å². The number of nitrogens with one attached hydrogen (secondary N) is 1. The molecule has 4 nitrogen and oxygen atoms in total. The minimum atomic E-state index is -2.97. The second kappa shape index (κ2) is 6.71. The van der Waals surface area contributed by atoms with E-state index in [1.165, 1.54) is 0 Å². The van der Waals surface area contributed by atoms with Gasteiger partial charge in [-0.05, 0) is 45.6 Å². The molecular formula is C12H26N2O2S. The lowest BCUT2D eigenvalue weighted by Crippen LogP contribution is -2.44. The van der Waals surface area contributed by atoms with Crippen LogP contribution in [0.4, 0.5) is 0 Å². The average Bonchev–Trinajstić information content (AvgIpc) is 2.36. The van der Waals surface area contributed by atoms with Gasteiger partial charge in [-0.25, -0.2) is 12.7 Å². The summed E-state index contributed by atoms with van der Waals surface area (Å²) in [6.45, 7) is 8.53. The van der Waals surface area contributed by atoms with Gasteiger partial charge in [0.2, 0.25) is 10.0 Å². The normalized spacial score (nSPS) is 21.6. The van der Waals surface area contributed by atoms with Gasteiger partial charge in [-0.3, -0.25) is 0 Å². The molecule has 1 rings (SSSR count). The minimum Gasteiger partial charge on any atom is -0.314 e. The molecule has 1 fully saturated rings. The first kappa shape index (κ1) is 14.9. The second-order valence-electron chi connectivity index (χ2n) is 4.88. The molecule has 0 spiro atoms. The van der Waals surface area contributed by atoms with Crippen molar-refractivity contribution in [2.24, 2.45) is 5.92 Å². The van der Waals surface area contributed by atoms with Crippen molar-refractivity contribution in [1.82, 2.24) is 9.62 Å². The van der Waals surface area contributed by atoms with E-state index < -0.39 is 10.0 Å². The number of hydrogen-bond donors (Lipinski definition) is 1. The molecule has 0 aromatic rings. The van der Waals surface area contributed by atoms with Gasteiger partial charge in [0.15, 0.2) is 0 Å². The molecule has 1 aliphatic rings. The summed E-state index contributed by atoms with van der Waals surface area (Å²) in [5.41, 5.74) is 0. The molecule has 1 atom stereocenters. The number of sulfonamides is 1. The summed E-state index contributed by atoms with van der Waals surface area (Å²) in [5.74, 6) is 0.839. The topological polar surface area (TPSA) is 49.4 Å². The molecule has 1 unspecified atom stereocenters. The maximum Gasteiger partial charge on any atom is 0.213 e. The molecule has 102 valence electrons. The summed E-state index contributed by atoms with van der Waals surface area (Å²) in [6, 6.07) is 0.501. The first-order valence-electron chi connectivity index (χ1n) is 6.72. The Hall–Kier alpha value is -0.130. The van der Waals surface area contributed by atoms with Crippen molar-refractivity contribution in [3.63, 3.8) is 0 Å². The summed E-state index contributed by atoms with van der Waals surface area (Å²) < 4.78 is 25.1. The van der Waals surface area contributed by atoms with Crippen LogP contribution in [0.1, 0.15) is 40.0 Å². The smallest absolute Gasteiger partial charge is 0.213 e. The van der Waals surface area contributed by atoms with E-state index >= 15 is 0 Å². The van der Waals surface area contributed by atoms with E-state index in [-0.39, 0.29) is 5.75 Å². The second-order valence-corrected chi connectivity index (χ2v) is 7.14. The van der Waals surface area contributed by atoms with Gasteiger partial charge in [0, 0.05) is 19.1 Å². The van der Waals surface area contributed by atoms with Gasteiger partial charge >= 0.3 is 0 Å². The van der Waals surface area contributed by atoms with Crippen molar-refractivity contribution < 1.29 is 8.42 Å². The quantitative estimate of drug-likeness (QED) is 0.788. The highest BCUT2D eigenvalue weighted by atomic mass is 32.2. The number of rotatable bonds is 6. The van der Waals surface area contributed by atoms with Crippen LogP contribution in [0.15, 0.2) is 0 Å². The van der Waals surface area contributed by atoms with Gasteiger partial charge in [0.1, 0.15) is 0 Å². The molecule has 0 bridgehead atoms. The zero-order chi connectivity index (χ0) is 12.9. The number of hydrogen-bond acceptors (Lipinski definition) is 3. The van der Waals surface area contributed by atoms with E-state index in [1.807, 2.05) is 0 Å². The lowest BCUT2D eigenvalue weighted by atomic mass is 9.91. The average molecular weight is 262 g/mol. The number of nitrogens with zero attached hydrogens (tertiary/aromatic N) is 1. The SMILES string of the molecule is CCCNC(C)C1CCN(S(=O)(=O)CC)CC1. The van der Waals surface area contributed by atoms with Crippen LogP contribution >= 0.6 is 0 Å². The third-order valence-electron chi connectivity index (χ3n) is 3.68. The Morgan fingerprint density at radius 1 is 1.29 bits per heavy atom. The molecule has 0 aromatic carbocycles. The molecule has 0 radical (unpaired) electrons. The maximum absolute atomic E-state index is 11.7. The van der Waals surface area contributed by atoms with Gasteiger partial charge in [0.25, 0.3) is 0 Å². The fraction of sp³-hybridized carbons (Fsp3) is 1.00.